The number of carbonyl (C=O) groups excluding carboxylic acids is 1. The van der Waals surface area contributed by atoms with E-state index < -0.39 is 0 Å². The molecule has 0 N–H and O–H groups in total. The van der Waals surface area contributed by atoms with Crippen LogP contribution in [0, 0.1) is 0 Å². The molecule has 100 valence electrons. The number of pyridine rings is 1. The first kappa shape index (κ1) is 12.5. The number of aromatic nitrogens is 3. The minimum absolute atomic E-state index is 0.143. The van der Waals surface area contributed by atoms with Crippen molar-refractivity contribution in [1.29, 1.82) is 0 Å². The van der Waals surface area contributed by atoms with E-state index in [0.29, 0.717) is 12.8 Å². The van der Waals surface area contributed by atoms with Crippen LogP contribution in [-0.4, -0.2) is 20.5 Å². The Bertz CT molecular complexity index is 756. The second-order valence-corrected chi connectivity index (χ2v) is 4.74. The van der Waals surface area contributed by atoms with E-state index in [0.717, 1.165) is 22.2 Å². The molecule has 4 nitrogen and oxygen atoms in total. The monoisotopic (exact) mass is 265 g/mol. The summed E-state index contributed by atoms with van der Waals surface area (Å²) >= 11 is 0. The average molecular weight is 265 g/mol. The summed E-state index contributed by atoms with van der Waals surface area (Å²) in [6.45, 7) is 0. The Morgan fingerprint density at radius 1 is 1.15 bits per heavy atom. The number of hydrogen-bond acceptors (Lipinski definition) is 3. The highest BCUT2D eigenvalue weighted by atomic mass is 16.1. The largest absolute Gasteiger partial charge is 0.294 e. The van der Waals surface area contributed by atoms with Gasteiger partial charge in [0.25, 0.3) is 0 Å². The van der Waals surface area contributed by atoms with Crippen LogP contribution in [-0.2, 0) is 13.5 Å². The first-order valence-corrected chi connectivity index (χ1v) is 6.59. The highest BCUT2D eigenvalue weighted by Gasteiger charge is 2.11. The standard InChI is InChI=1S/C16H15N3O/c1-19-12(8-11-18-19)6-7-16(20)14-9-10-17-15-5-3-2-4-13(14)15/h2-5,8-11H,6-7H2,1H3. The van der Waals surface area contributed by atoms with Crippen molar-refractivity contribution in [1.82, 2.24) is 14.8 Å². The third-order valence-corrected chi connectivity index (χ3v) is 3.48. The van der Waals surface area contributed by atoms with Gasteiger partial charge in [0.05, 0.1) is 5.52 Å². The Morgan fingerprint density at radius 3 is 2.80 bits per heavy atom. The lowest BCUT2D eigenvalue weighted by atomic mass is 10.0. The van der Waals surface area contributed by atoms with E-state index in [-0.39, 0.29) is 5.78 Å². The molecule has 0 radical (unpaired) electrons. The van der Waals surface area contributed by atoms with Gasteiger partial charge in [-0.1, -0.05) is 18.2 Å². The molecule has 2 heterocycles. The van der Waals surface area contributed by atoms with Gasteiger partial charge in [-0.25, -0.2) is 0 Å². The van der Waals surface area contributed by atoms with Gasteiger partial charge in [-0.2, -0.15) is 5.10 Å². The van der Waals surface area contributed by atoms with Crippen LogP contribution >= 0.6 is 0 Å². The molecule has 0 aliphatic carbocycles. The molecule has 0 bridgehead atoms. The number of fused-ring (bicyclic) bond motifs is 1. The fourth-order valence-corrected chi connectivity index (χ4v) is 2.36. The van der Waals surface area contributed by atoms with Crippen LogP contribution in [0.1, 0.15) is 22.5 Å². The molecule has 4 heteroatoms. The summed E-state index contributed by atoms with van der Waals surface area (Å²) < 4.78 is 1.80. The summed E-state index contributed by atoms with van der Waals surface area (Å²) in [5, 5.41) is 5.03. The van der Waals surface area contributed by atoms with Gasteiger partial charge >= 0.3 is 0 Å². The number of nitrogens with zero attached hydrogens (tertiary/aromatic N) is 3. The molecule has 0 spiro atoms. The third kappa shape index (κ3) is 2.32. The lowest BCUT2D eigenvalue weighted by Gasteiger charge is -2.05. The number of para-hydroxylation sites is 1. The molecule has 20 heavy (non-hydrogen) atoms. The second-order valence-electron chi connectivity index (χ2n) is 4.74. The van der Waals surface area contributed by atoms with Crippen molar-refractivity contribution in [3.05, 3.63) is 60.0 Å². The van der Waals surface area contributed by atoms with Gasteiger partial charge in [0.2, 0.25) is 0 Å². The predicted molar refractivity (Wildman–Crippen MR) is 77.6 cm³/mol. The van der Waals surface area contributed by atoms with Crippen LogP contribution in [0.3, 0.4) is 0 Å². The zero-order valence-corrected chi connectivity index (χ0v) is 11.3. The quantitative estimate of drug-likeness (QED) is 0.681. The number of aryl methyl sites for hydroxylation is 2. The summed E-state index contributed by atoms with van der Waals surface area (Å²) in [6, 6.07) is 11.5. The molecule has 3 aromatic rings. The highest BCUT2D eigenvalue weighted by molar-refractivity contribution is 6.07. The topological polar surface area (TPSA) is 47.8 Å². The van der Waals surface area contributed by atoms with Crippen molar-refractivity contribution in [3.63, 3.8) is 0 Å². The molecule has 0 saturated heterocycles. The van der Waals surface area contributed by atoms with Gasteiger partial charge in [-0.15, -0.1) is 0 Å². The fourth-order valence-electron chi connectivity index (χ4n) is 2.36. The molecule has 0 atom stereocenters. The van der Waals surface area contributed by atoms with Gasteiger partial charge in [-0.3, -0.25) is 14.5 Å². The Hall–Kier alpha value is -2.49. The summed E-state index contributed by atoms with van der Waals surface area (Å²) in [5.41, 5.74) is 2.67. The lowest BCUT2D eigenvalue weighted by Crippen LogP contribution is -2.05. The van der Waals surface area contributed by atoms with E-state index in [1.54, 1.807) is 23.1 Å². The van der Waals surface area contributed by atoms with E-state index in [1.807, 2.05) is 37.4 Å². The molecule has 2 aromatic heterocycles. The average Bonchev–Trinajstić information content (AvgIpc) is 2.89. The Kier molecular flexibility index (Phi) is 3.29. The normalized spacial score (nSPS) is 10.8. The minimum Gasteiger partial charge on any atom is -0.294 e. The summed E-state index contributed by atoms with van der Waals surface area (Å²) in [4.78, 5) is 16.7. The molecule has 3 rings (SSSR count). The Morgan fingerprint density at radius 2 is 2.00 bits per heavy atom. The van der Waals surface area contributed by atoms with Crippen molar-refractivity contribution >= 4 is 16.7 Å². The van der Waals surface area contributed by atoms with Crippen LogP contribution in [0.2, 0.25) is 0 Å². The van der Waals surface area contributed by atoms with Gasteiger partial charge in [0.15, 0.2) is 5.78 Å². The molecule has 0 aliphatic heterocycles. The maximum absolute atomic E-state index is 12.4. The predicted octanol–water partition coefficient (Wildman–Crippen LogP) is 2.78. The van der Waals surface area contributed by atoms with Crippen molar-refractivity contribution in [2.45, 2.75) is 12.8 Å². The van der Waals surface area contributed by atoms with E-state index in [4.69, 9.17) is 0 Å². The number of ketones is 1. The fraction of sp³-hybridized carbons (Fsp3) is 0.188. The third-order valence-electron chi connectivity index (χ3n) is 3.48. The van der Waals surface area contributed by atoms with Crippen LogP contribution in [0.15, 0.2) is 48.8 Å². The highest BCUT2D eigenvalue weighted by Crippen LogP contribution is 2.18. The molecule has 0 unspecified atom stereocenters. The number of Topliss-reactive ketones (excluding diaryl/α,β-unsaturated/α-hetero) is 1. The summed E-state index contributed by atoms with van der Waals surface area (Å²) in [5.74, 6) is 0.143. The number of rotatable bonds is 4. The van der Waals surface area contributed by atoms with Gasteiger partial charge in [0, 0.05) is 42.5 Å². The van der Waals surface area contributed by atoms with E-state index in [2.05, 4.69) is 10.1 Å². The maximum atomic E-state index is 12.4. The summed E-state index contributed by atoms with van der Waals surface area (Å²) in [6.07, 6.45) is 4.63. The molecule has 0 saturated carbocycles. The summed E-state index contributed by atoms with van der Waals surface area (Å²) in [7, 11) is 1.89. The van der Waals surface area contributed by atoms with Crippen molar-refractivity contribution in [2.75, 3.05) is 0 Å². The van der Waals surface area contributed by atoms with Crippen molar-refractivity contribution in [2.24, 2.45) is 7.05 Å². The minimum atomic E-state index is 0.143. The van der Waals surface area contributed by atoms with Crippen LogP contribution in [0.4, 0.5) is 0 Å². The molecule has 1 aromatic carbocycles. The van der Waals surface area contributed by atoms with Crippen LogP contribution in [0.25, 0.3) is 10.9 Å². The molecule has 0 amide bonds. The van der Waals surface area contributed by atoms with E-state index >= 15 is 0 Å². The Balaban J connectivity index is 1.84. The zero-order chi connectivity index (χ0) is 13.9. The van der Waals surface area contributed by atoms with E-state index in [9.17, 15) is 4.79 Å². The number of carbonyl (C=O) groups is 1. The van der Waals surface area contributed by atoms with Crippen LogP contribution in [0.5, 0.6) is 0 Å². The Labute approximate surface area is 117 Å². The van der Waals surface area contributed by atoms with Crippen LogP contribution < -0.4 is 0 Å². The number of hydrogen-bond donors (Lipinski definition) is 0. The zero-order valence-electron chi connectivity index (χ0n) is 11.3. The molecular weight excluding hydrogens is 250 g/mol. The SMILES string of the molecule is Cn1nccc1CCC(=O)c1ccnc2ccccc12. The van der Waals surface area contributed by atoms with Gasteiger partial charge in [0.1, 0.15) is 0 Å². The molecular formula is C16H15N3O. The van der Waals surface area contributed by atoms with Gasteiger partial charge in [-0.05, 0) is 24.6 Å². The molecule has 0 aliphatic rings. The van der Waals surface area contributed by atoms with Gasteiger partial charge < -0.3 is 0 Å². The number of benzene rings is 1. The first-order valence-electron chi connectivity index (χ1n) is 6.59. The molecule has 0 fully saturated rings. The smallest absolute Gasteiger partial charge is 0.164 e. The van der Waals surface area contributed by atoms with Crippen molar-refractivity contribution < 1.29 is 4.79 Å². The second kappa shape index (κ2) is 5.25. The van der Waals surface area contributed by atoms with E-state index in [1.165, 1.54) is 0 Å². The maximum Gasteiger partial charge on any atom is 0.164 e. The first-order chi connectivity index (χ1) is 9.75. The lowest BCUT2D eigenvalue weighted by molar-refractivity contribution is 0.0984. The van der Waals surface area contributed by atoms with Crippen molar-refractivity contribution in [3.8, 4) is 0 Å².